The topological polar surface area (TPSA) is 102 Å². The maximum Gasteiger partial charge on any atom is 0.306 e. The van der Waals surface area contributed by atoms with E-state index in [1.54, 1.807) is 0 Å². The lowest BCUT2D eigenvalue weighted by Gasteiger charge is -2.28. The average molecular weight is 1030 g/mol. The van der Waals surface area contributed by atoms with Gasteiger partial charge in [0.05, 0.1) is 13.2 Å². The first-order valence-corrected chi connectivity index (χ1v) is 31.9. The van der Waals surface area contributed by atoms with Gasteiger partial charge in [-0.3, -0.25) is 19.2 Å². The fourth-order valence-electron chi connectivity index (χ4n) is 9.79. The number of ether oxygens (including phenoxy) is 3. The maximum absolute atomic E-state index is 13.8. The third kappa shape index (κ3) is 48.9. The van der Waals surface area contributed by atoms with E-state index >= 15 is 0 Å². The minimum atomic E-state index is -0.296. The minimum absolute atomic E-state index is 0.0343. The molecule has 0 heterocycles. The molecule has 1 unspecified atom stereocenters. The van der Waals surface area contributed by atoms with E-state index in [1.807, 2.05) is 4.90 Å². The molecule has 0 aromatic heterocycles. The second kappa shape index (κ2) is 55.8. The molecule has 0 aromatic carbocycles. The highest BCUT2D eigenvalue weighted by Gasteiger charge is 2.23. The van der Waals surface area contributed by atoms with Gasteiger partial charge < -0.3 is 24.0 Å². The number of carbonyl (C=O) groups is 4. The van der Waals surface area contributed by atoms with Crippen LogP contribution in [-0.2, 0) is 33.4 Å². The molecule has 0 radical (unpaired) electrons. The molecule has 1 amide bonds. The number of amides is 1. The average Bonchev–Trinajstić information content (AvgIpc) is 3.39. The molecule has 1 atom stereocenters. The van der Waals surface area contributed by atoms with Crippen LogP contribution in [0.25, 0.3) is 0 Å². The monoisotopic (exact) mass is 1030 g/mol. The standard InChI is InChI=1S/C64H122N2O7/c1-7-13-17-21-25-26-27-28-29-30-31-32-33-37-43-51-62(68)71-57-59(56-66(55-47-46-54-65(11-5)12-6)61(67)50-42-36-24-20-16-10-4)58-72-63(69)52-44-38-39-45-53-64(70)73-60(48-40-34-22-18-14-8-2)49-41-35-23-19-15-9-3/h28-29,59-60H,7-27,30-58H2,1-6H3/b29-28-. The Kier molecular flexibility index (Phi) is 54.0. The SMILES string of the molecule is CCCCCCCC/C=C\CCCCCCCC(=O)OCC(COC(=O)CCCCCCC(=O)OC(CCCCCCCC)CCCCCCCC)CN(CCCCN(CC)CC)C(=O)CCCCCCCC. The molecule has 0 bridgehead atoms. The van der Waals surface area contributed by atoms with E-state index in [0.717, 1.165) is 122 Å². The zero-order chi connectivity index (χ0) is 53.5. The number of hydrogen-bond donors (Lipinski definition) is 0. The molecule has 0 saturated heterocycles. The summed E-state index contributed by atoms with van der Waals surface area (Å²) in [5, 5.41) is 0. The van der Waals surface area contributed by atoms with Crippen molar-refractivity contribution in [3.05, 3.63) is 12.2 Å². The fraction of sp³-hybridized carbons (Fsp3) is 0.906. The number of allylic oxidation sites excluding steroid dienone is 2. The number of esters is 3. The molecule has 0 aliphatic carbocycles. The molecule has 0 spiro atoms. The number of nitrogens with zero attached hydrogens (tertiary/aromatic N) is 2. The van der Waals surface area contributed by atoms with Crippen LogP contribution in [0.4, 0.5) is 0 Å². The van der Waals surface area contributed by atoms with Crippen molar-refractivity contribution in [3.63, 3.8) is 0 Å². The lowest BCUT2D eigenvalue weighted by Crippen LogP contribution is -2.39. The van der Waals surface area contributed by atoms with Gasteiger partial charge in [-0.05, 0) is 110 Å². The lowest BCUT2D eigenvalue weighted by atomic mass is 10.0. The maximum atomic E-state index is 13.8. The summed E-state index contributed by atoms with van der Waals surface area (Å²) in [7, 11) is 0. The van der Waals surface area contributed by atoms with Gasteiger partial charge in [-0.2, -0.15) is 0 Å². The number of carbonyl (C=O) groups excluding carboxylic acids is 4. The predicted octanol–water partition coefficient (Wildman–Crippen LogP) is 18.2. The van der Waals surface area contributed by atoms with Crippen LogP contribution in [-0.4, -0.2) is 85.7 Å². The van der Waals surface area contributed by atoms with Crippen molar-refractivity contribution in [1.29, 1.82) is 0 Å². The van der Waals surface area contributed by atoms with E-state index in [9.17, 15) is 19.2 Å². The molecular formula is C64H122N2O7. The summed E-state index contributed by atoms with van der Waals surface area (Å²) in [6, 6.07) is 0. The van der Waals surface area contributed by atoms with Gasteiger partial charge >= 0.3 is 17.9 Å². The minimum Gasteiger partial charge on any atom is -0.465 e. The van der Waals surface area contributed by atoms with Crippen molar-refractivity contribution < 1.29 is 33.4 Å². The molecule has 73 heavy (non-hydrogen) atoms. The molecule has 9 nitrogen and oxygen atoms in total. The van der Waals surface area contributed by atoms with E-state index in [0.29, 0.717) is 45.2 Å². The van der Waals surface area contributed by atoms with Crippen LogP contribution in [0.15, 0.2) is 12.2 Å². The van der Waals surface area contributed by atoms with Crippen LogP contribution in [0.3, 0.4) is 0 Å². The number of hydrogen-bond acceptors (Lipinski definition) is 8. The van der Waals surface area contributed by atoms with Gasteiger partial charge in [0.25, 0.3) is 0 Å². The lowest BCUT2D eigenvalue weighted by molar-refractivity contribution is -0.151. The van der Waals surface area contributed by atoms with Crippen LogP contribution in [0.1, 0.15) is 318 Å². The molecule has 0 fully saturated rings. The van der Waals surface area contributed by atoms with Gasteiger partial charge in [0.15, 0.2) is 0 Å². The van der Waals surface area contributed by atoms with Gasteiger partial charge in [0.1, 0.15) is 6.10 Å². The first-order valence-electron chi connectivity index (χ1n) is 31.9. The molecule has 0 saturated carbocycles. The number of rotatable bonds is 57. The Hall–Kier alpha value is -2.42. The van der Waals surface area contributed by atoms with E-state index < -0.39 is 0 Å². The van der Waals surface area contributed by atoms with Gasteiger partial charge in [-0.1, -0.05) is 214 Å². The van der Waals surface area contributed by atoms with Crippen molar-refractivity contribution in [2.24, 2.45) is 5.92 Å². The molecule has 0 aliphatic rings. The van der Waals surface area contributed by atoms with Crippen molar-refractivity contribution >= 4 is 23.8 Å². The van der Waals surface area contributed by atoms with Gasteiger partial charge in [0.2, 0.25) is 5.91 Å². The molecular weight excluding hydrogens is 909 g/mol. The Morgan fingerprint density at radius 3 is 1.16 bits per heavy atom. The highest BCUT2D eigenvalue weighted by atomic mass is 16.5. The summed E-state index contributed by atoms with van der Waals surface area (Å²) in [5.41, 5.74) is 0. The molecule has 0 N–H and O–H groups in total. The second-order valence-electron chi connectivity index (χ2n) is 21.8. The predicted molar refractivity (Wildman–Crippen MR) is 310 cm³/mol. The molecule has 0 rings (SSSR count). The van der Waals surface area contributed by atoms with Crippen LogP contribution in [0.2, 0.25) is 0 Å². The fourth-order valence-corrected chi connectivity index (χ4v) is 9.79. The number of unbranched alkanes of at least 4 members (excludes halogenated alkanes) is 30. The normalized spacial score (nSPS) is 12.1. The van der Waals surface area contributed by atoms with E-state index in [-0.39, 0.29) is 49.1 Å². The van der Waals surface area contributed by atoms with Crippen molar-refractivity contribution in [2.75, 3.05) is 45.9 Å². The zero-order valence-corrected chi connectivity index (χ0v) is 49.4. The second-order valence-corrected chi connectivity index (χ2v) is 21.8. The molecule has 430 valence electrons. The Morgan fingerprint density at radius 2 is 0.740 bits per heavy atom. The highest BCUT2D eigenvalue weighted by molar-refractivity contribution is 5.76. The summed E-state index contributed by atoms with van der Waals surface area (Å²) in [6.07, 6.45) is 50.7. The Labute approximate surface area is 453 Å². The third-order valence-electron chi connectivity index (χ3n) is 14.8. The Balaban J connectivity index is 5.22. The van der Waals surface area contributed by atoms with Crippen LogP contribution in [0, 0.1) is 5.92 Å². The summed E-state index contributed by atoms with van der Waals surface area (Å²) in [5.74, 6) is -0.711. The van der Waals surface area contributed by atoms with Crippen molar-refractivity contribution in [3.8, 4) is 0 Å². The van der Waals surface area contributed by atoms with Crippen LogP contribution >= 0.6 is 0 Å². The largest absolute Gasteiger partial charge is 0.465 e. The van der Waals surface area contributed by atoms with Crippen molar-refractivity contribution in [1.82, 2.24) is 9.80 Å². The van der Waals surface area contributed by atoms with E-state index in [4.69, 9.17) is 14.2 Å². The van der Waals surface area contributed by atoms with Gasteiger partial charge in [-0.25, -0.2) is 0 Å². The van der Waals surface area contributed by atoms with Crippen molar-refractivity contribution in [2.45, 2.75) is 324 Å². The first kappa shape index (κ1) is 70.6. The molecule has 0 aliphatic heterocycles. The Bertz CT molecular complexity index is 1240. The summed E-state index contributed by atoms with van der Waals surface area (Å²) in [6.45, 7) is 17.7. The highest BCUT2D eigenvalue weighted by Crippen LogP contribution is 2.20. The molecule has 9 heteroatoms. The van der Waals surface area contributed by atoms with E-state index in [2.05, 4.69) is 58.6 Å². The molecule has 0 aromatic rings. The van der Waals surface area contributed by atoms with E-state index in [1.165, 1.54) is 141 Å². The Morgan fingerprint density at radius 1 is 0.384 bits per heavy atom. The van der Waals surface area contributed by atoms with Gasteiger partial charge in [-0.15, -0.1) is 0 Å². The first-order chi connectivity index (χ1) is 35.7. The summed E-state index contributed by atoms with van der Waals surface area (Å²) in [4.78, 5) is 57.3. The quantitative estimate of drug-likeness (QED) is 0.0257. The van der Waals surface area contributed by atoms with Crippen LogP contribution in [0.5, 0.6) is 0 Å². The van der Waals surface area contributed by atoms with Gasteiger partial charge in [0, 0.05) is 44.7 Å². The zero-order valence-electron chi connectivity index (χ0n) is 49.4. The third-order valence-corrected chi connectivity index (χ3v) is 14.8. The van der Waals surface area contributed by atoms with Crippen LogP contribution < -0.4 is 0 Å². The smallest absolute Gasteiger partial charge is 0.306 e. The summed E-state index contributed by atoms with van der Waals surface area (Å²) < 4.78 is 17.8. The summed E-state index contributed by atoms with van der Waals surface area (Å²) >= 11 is 0.